The molecule has 0 aliphatic rings. The first-order valence-corrected chi connectivity index (χ1v) is 34.9. The molecule has 0 fully saturated rings. The van der Waals surface area contributed by atoms with Gasteiger partial charge in [0.15, 0.2) is 5.69 Å². The van der Waals surface area contributed by atoms with E-state index >= 15 is 26.3 Å². The summed E-state index contributed by atoms with van der Waals surface area (Å²) in [6.07, 6.45) is -10.6. The Hall–Kier alpha value is -13.8. The van der Waals surface area contributed by atoms with Crippen molar-refractivity contribution in [1.82, 2.24) is 27.4 Å². The van der Waals surface area contributed by atoms with Gasteiger partial charge in [-0.05, 0) is 151 Å². The highest BCUT2D eigenvalue weighted by Gasteiger charge is 2.42. The Morgan fingerprint density at radius 2 is 0.462 bits per heavy atom. The van der Waals surface area contributed by atoms with Crippen LogP contribution in [0.1, 0.15) is 11.1 Å². The molecule has 0 radical (unpaired) electrons. The number of alkyl halides is 6. The SMILES string of the molecule is [C-]#[N+]c1cccc(-n2c3ccc(-n4c5ccccc5c5ccccc54)cc3c3cc(-n4c5ccccc5c5ccccc54)ccc32)c1-c1c(-c2c(C(F)(F)F)cccc2C(F)(F)F)cccc1-n1c2ccc(-n3c4ccccc4c4ccccc43)cc2c2cc(-n3c4ccccc4c4ccccc43)ccc21. The van der Waals surface area contributed by atoms with E-state index in [1.807, 2.05) is 149 Å². The maximum absolute atomic E-state index is 16.3. The molecule has 6 heterocycles. The summed E-state index contributed by atoms with van der Waals surface area (Å²) >= 11 is 0. The lowest BCUT2D eigenvalue weighted by Gasteiger charge is -2.26. The Labute approximate surface area is 599 Å². The van der Waals surface area contributed by atoms with Gasteiger partial charge in [-0.1, -0.05) is 176 Å². The van der Waals surface area contributed by atoms with E-state index in [2.05, 4.69) is 157 Å². The van der Waals surface area contributed by atoms with Crippen LogP contribution in [-0.4, -0.2) is 27.4 Å². The molecule has 21 rings (SSSR count). The lowest BCUT2D eigenvalue weighted by molar-refractivity contribution is -0.142. The second kappa shape index (κ2) is 22.6. The zero-order chi connectivity index (χ0) is 71.0. The quantitative estimate of drug-likeness (QED) is 0.107. The fourth-order valence-electron chi connectivity index (χ4n) is 17.5. The monoisotopic (exact) mass is 1380 g/mol. The van der Waals surface area contributed by atoms with E-state index in [4.69, 9.17) is 0 Å². The Morgan fingerprint density at radius 3 is 0.736 bits per heavy atom. The Balaban J connectivity index is 0.897. The molecule has 0 unspecified atom stereocenters. The summed E-state index contributed by atoms with van der Waals surface area (Å²) < 4.78 is 111. The van der Waals surface area contributed by atoms with E-state index in [0.717, 1.165) is 138 Å². The average molecular weight is 1380 g/mol. The largest absolute Gasteiger partial charge is 0.417 e. The van der Waals surface area contributed by atoms with Crippen molar-refractivity contribution in [1.29, 1.82) is 0 Å². The molecule has 0 saturated carbocycles. The molecule has 7 nitrogen and oxygen atoms in total. The van der Waals surface area contributed by atoms with Gasteiger partial charge in [0.1, 0.15) is 0 Å². The van der Waals surface area contributed by atoms with Crippen LogP contribution in [0.4, 0.5) is 32.0 Å². The first-order valence-electron chi connectivity index (χ1n) is 34.9. The molecular formula is C93H53F6N7. The van der Waals surface area contributed by atoms with E-state index in [1.54, 1.807) is 18.2 Å². The fraction of sp³-hybridized carbons (Fsp3) is 0.0215. The van der Waals surface area contributed by atoms with Crippen LogP contribution in [0.3, 0.4) is 0 Å². The van der Waals surface area contributed by atoms with Gasteiger partial charge in [-0.3, -0.25) is 0 Å². The third kappa shape index (κ3) is 8.75. The lowest BCUT2D eigenvalue weighted by atomic mass is 9.86. The molecular weight excluding hydrogens is 1330 g/mol. The number of aromatic nitrogens is 6. The van der Waals surface area contributed by atoms with Crippen molar-refractivity contribution >= 4 is 137 Å². The van der Waals surface area contributed by atoms with Crippen LogP contribution < -0.4 is 0 Å². The highest BCUT2D eigenvalue weighted by atomic mass is 19.4. The summed E-state index contributed by atoms with van der Waals surface area (Å²) in [7, 11) is 0. The minimum atomic E-state index is -5.29. The molecule has 13 heteroatoms. The third-order valence-corrected chi connectivity index (χ3v) is 21.7. The smallest absolute Gasteiger partial charge is 0.310 e. The molecule has 0 amide bonds. The minimum Gasteiger partial charge on any atom is -0.310 e. The van der Waals surface area contributed by atoms with Crippen molar-refractivity contribution in [2.75, 3.05) is 0 Å². The van der Waals surface area contributed by atoms with Crippen LogP contribution in [0.15, 0.2) is 322 Å². The summed E-state index contributed by atoms with van der Waals surface area (Å²) in [6, 6.07) is 103. The molecule has 0 N–H and O–H groups in total. The number of hydrogen-bond acceptors (Lipinski definition) is 0. The summed E-state index contributed by atoms with van der Waals surface area (Å²) in [5, 5.41) is 11.6. The van der Waals surface area contributed by atoms with Gasteiger partial charge in [0.05, 0.1) is 89.6 Å². The van der Waals surface area contributed by atoms with Crippen LogP contribution >= 0.6 is 0 Å². The van der Waals surface area contributed by atoms with Crippen LogP contribution in [0.5, 0.6) is 0 Å². The van der Waals surface area contributed by atoms with Crippen LogP contribution in [0.25, 0.3) is 192 Å². The van der Waals surface area contributed by atoms with E-state index in [9.17, 15) is 6.57 Å². The number of nitrogens with zero attached hydrogens (tertiary/aromatic N) is 7. The normalized spacial score (nSPS) is 12.4. The van der Waals surface area contributed by atoms with Crippen LogP contribution in [0.2, 0.25) is 0 Å². The molecule has 106 heavy (non-hydrogen) atoms. The molecule has 0 bridgehead atoms. The van der Waals surface area contributed by atoms with Crippen molar-refractivity contribution in [3.63, 3.8) is 0 Å². The second-order valence-electron chi connectivity index (χ2n) is 27.2. The molecule has 0 aliphatic carbocycles. The van der Waals surface area contributed by atoms with Gasteiger partial charge in [0.25, 0.3) is 0 Å². The fourth-order valence-corrected chi connectivity index (χ4v) is 17.5. The van der Waals surface area contributed by atoms with E-state index in [1.165, 1.54) is 12.1 Å². The van der Waals surface area contributed by atoms with Crippen LogP contribution in [0, 0.1) is 6.57 Å². The van der Waals surface area contributed by atoms with Crippen molar-refractivity contribution < 1.29 is 26.3 Å². The molecule has 6 aromatic heterocycles. The lowest BCUT2D eigenvalue weighted by Crippen LogP contribution is -2.15. The zero-order valence-electron chi connectivity index (χ0n) is 56.0. The summed E-state index contributed by atoms with van der Waals surface area (Å²) in [5.74, 6) is 0. The van der Waals surface area contributed by atoms with Crippen molar-refractivity contribution in [3.05, 3.63) is 344 Å². The topological polar surface area (TPSA) is 33.9 Å². The molecule has 0 atom stereocenters. The van der Waals surface area contributed by atoms with Crippen molar-refractivity contribution in [3.8, 4) is 56.4 Å². The number of rotatable bonds is 8. The highest BCUT2D eigenvalue weighted by Crippen LogP contribution is 2.54. The highest BCUT2D eigenvalue weighted by molar-refractivity contribution is 6.18. The number of fused-ring (bicyclic) bond motifs is 18. The van der Waals surface area contributed by atoms with Gasteiger partial charge in [-0.2, -0.15) is 26.3 Å². The van der Waals surface area contributed by atoms with Gasteiger partial charge in [-0.25, -0.2) is 4.85 Å². The van der Waals surface area contributed by atoms with Crippen LogP contribution in [-0.2, 0) is 12.4 Å². The number of benzene rings is 15. The van der Waals surface area contributed by atoms with E-state index in [-0.39, 0.29) is 28.1 Å². The first-order chi connectivity index (χ1) is 51.9. The average Bonchev–Trinajstić information content (AvgIpc) is 1.35. The molecule has 21 aromatic rings. The second-order valence-corrected chi connectivity index (χ2v) is 27.2. The maximum atomic E-state index is 16.3. The summed E-state index contributed by atoms with van der Waals surface area (Å²) in [5.41, 5.74) is 9.97. The number of para-hydroxylation sites is 8. The summed E-state index contributed by atoms with van der Waals surface area (Å²) in [6.45, 7) is 9.28. The predicted molar refractivity (Wildman–Crippen MR) is 420 cm³/mol. The molecule has 15 aromatic carbocycles. The molecule has 0 saturated heterocycles. The molecule has 502 valence electrons. The van der Waals surface area contributed by atoms with Gasteiger partial charge in [0, 0.05) is 110 Å². The van der Waals surface area contributed by atoms with Gasteiger partial charge >= 0.3 is 12.4 Å². The molecule has 0 aliphatic heterocycles. The van der Waals surface area contributed by atoms with E-state index < -0.39 is 29.0 Å². The summed E-state index contributed by atoms with van der Waals surface area (Å²) in [4.78, 5) is 4.26. The zero-order valence-corrected chi connectivity index (χ0v) is 56.0. The Morgan fingerprint density at radius 1 is 0.217 bits per heavy atom. The Kier molecular flexibility index (Phi) is 13.0. The standard InChI is InChI=1S/C93H53F6N7/c1-100-74-32-20-42-88(106-85-49-45-57(103-79-37-14-6-25-63(79)64-26-7-15-38-80(64)103)53-70(85)71-54-58(46-50-86(71)106)104-81-39-16-8-27-65(81)66-28-9-17-40-82(66)104)91(74)90-67(89-72(92(94,95)96)30-19-31-73(89)93(97,98)99)29-18-41-87(90)105-83-47-43-55(101-75-33-10-2-21-59(75)60-22-3-11-34-76(60)101)51-68(83)69-52-56(44-48-84(69)105)102-77-35-12-4-23-61(77)62-24-5-13-36-78(62)102/h2-54H. The minimum absolute atomic E-state index is 0.00822. The third-order valence-electron chi connectivity index (χ3n) is 21.7. The van der Waals surface area contributed by atoms with Crippen molar-refractivity contribution in [2.45, 2.75) is 12.4 Å². The Bertz CT molecular complexity index is 6820. The van der Waals surface area contributed by atoms with E-state index in [0.29, 0.717) is 39.9 Å². The number of hydrogen-bond donors (Lipinski definition) is 0. The van der Waals surface area contributed by atoms with Gasteiger partial charge in [-0.15, -0.1) is 0 Å². The molecule has 0 spiro atoms. The maximum Gasteiger partial charge on any atom is 0.417 e. The number of halogens is 6. The van der Waals surface area contributed by atoms with Gasteiger partial charge < -0.3 is 27.4 Å². The van der Waals surface area contributed by atoms with Crippen molar-refractivity contribution in [2.24, 2.45) is 0 Å². The predicted octanol–water partition coefficient (Wildman–Crippen LogP) is 26.2. The first kappa shape index (κ1) is 60.9. The van der Waals surface area contributed by atoms with Gasteiger partial charge in [0.2, 0.25) is 0 Å².